The van der Waals surface area contributed by atoms with Gasteiger partial charge in [0.15, 0.2) is 5.70 Å². The highest BCUT2D eigenvalue weighted by Crippen LogP contribution is 2.24. The lowest BCUT2D eigenvalue weighted by atomic mass is 10.0. The summed E-state index contributed by atoms with van der Waals surface area (Å²) in [5, 5.41) is 4.97. The number of piperidine rings is 1. The molecule has 2 heterocycles. The minimum atomic E-state index is -0.516. The van der Waals surface area contributed by atoms with Crippen molar-refractivity contribution < 1.29 is 19.1 Å². The van der Waals surface area contributed by atoms with E-state index in [0.717, 1.165) is 29.2 Å². The topological polar surface area (TPSA) is 80.2 Å². The lowest BCUT2D eigenvalue weighted by Gasteiger charge is -2.32. The van der Waals surface area contributed by atoms with E-state index in [-0.39, 0.29) is 6.04 Å². The molecule has 31 heavy (non-hydrogen) atoms. The van der Waals surface area contributed by atoms with Crippen molar-refractivity contribution in [1.29, 1.82) is 0 Å². The van der Waals surface area contributed by atoms with Gasteiger partial charge >= 0.3 is 12.1 Å². The van der Waals surface area contributed by atoms with E-state index in [1.807, 2.05) is 68.1 Å². The number of nitrogens with zero attached hydrogens (tertiary/aromatic N) is 2. The summed E-state index contributed by atoms with van der Waals surface area (Å²) in [6.45, 7) is 6.94. The predicted octanol–water partition coefficient (Wildman–Crippen LogP) is 3.97. The molecule has 1 amide bonds. The van der Waals surface area contributed by atoms with Crippen LogP contribution in [-0.4, -0.2) is 47.6 Å². The van der Waals surface area contributed by atoms with E-state index in [4.69, 9.17) is 9.47 Å². The Kier molecular flexibility index (Phi) is 5.67. The number of amides is 1. The first kappa shape index (κ1) is 20.9. The fraction of sp³-hybridized carbons (Fsp3) is 0.375. The van der Waals surface area contributed by atoms with Gasteiger partial charge in [0.05, 0.1) is 0 Å². The average molecular weight is 421 g/mol. The highest BCUT2D eigenvalue weighted by atomic mass is 16.6. The third kappa shape index (κ3) is 5.05. The number of cyclic esters (lactones) is 1. The molecule has 7 nitrogen and oxygen atoms in total. The van der Waals surface area contributed by atoms with Crippen molar-refractivity contribution in [2.24, 2.45) is 4.99 Å². The van der Waals surface area contributed by atoms with Gasteiger partial charge in [0.1, 0.15) is 5.60 Å². The predicted molar refractivity (Wildman–Crippen MR) is 119 cm³/mol. The summed E-state index contributed by atoms with van der Waals surface area (Å²) in [5.41, 5.74) is 0.578. The first-order valence-corrected chi connectivity index (χ1v) is 10.5. The van der Waals surface area contributed by atoms with Gasteiger partial charge in [-0.25, -0.2) is 14.6 Å². The SMILES string of the molecule is CC(C)(C)OC(=O)NC1CCN(C=C2N=C(c3cccc4ccccc34)OC2=O)CC1. The standard InChI is InChI=1S/C24H27N3O4/c1-24(2,3)31-23(29)25-17-11-13-27(14-12-17)15-20-22(28)30-21(26-20)19-10-6-8-16-7-4-5-9-18(16)19/h4-10,15,17H,11-14H2,1-3H3,(H,25,29). The molecule has 0 radical (unpaired) electrons. The number of fused-ring (bicyclic) bond motifs is 1. The van der Waals surface area contributed by atoms with Gasteiger partial charge in [-0.05, 0) is 50.5 Å². The summed E-state index contributed by atoms with van der Waals surface area (Å²) in [5.74, 6) is -0.119. The molecular weight excluding hydrogens is 394 g/mol. The van der Waals surface area contributed by atoms with E-state index >= 15 is 0 Å². The zero-order valence-corrected chi connectivity index (χ0v) is 18.1. The molecule has 0 atom stereocenters. The van der Waals surface area contributed by atoms with E-state index in [1.54, 1.807) is 6.20 Å². The van der Waals surface area contributed by atoms with Gasteiger partial charge in [0.25, 0.3) is 0 Å². The quantitative estimate of drug-likeness (QED) is 0.599. The third-order valence-corrected chi connectivity index (χ3v) is 5.20. The molecule has 0 bridgehead atoms. The van der Waals surface area contributed by atoms with Gasteiger partial charge in [0.2, 0.25) is 5.90 Å². The molecule has 2 aromatic carbocycles. The maximum Gasteiger partial charge on any atom is 0.407 e. The normalized spacial score (nSPS) is 18.8. The van der Waals surface area contributed by atoms with Gasteiger partial charge in [-0.15, -0.1) is 0 Å². The lowest BCUT2D eigenvalue weighted by Crippen LogP contribution is -2.45. The van der Waals surface area contributed by atoms with Crippen LogP contribution in [0.1, 0.15) is 39.2 Å². The summed E-state index contributed by atoms with van der Waals surface area (Å²) in [6.07, 6.45) is 2.88. The van der Waals surface area contributed by atoms with Crippen LogP contribution in [0.3, 0.4) is 0 Å². The number of rotatable bonds is 3. The summed E-state index contributed by atoms with van der Waals surface area (Å²) >= 11 is 0. The molecule has 7 heteroatoms. The number of esters is 1. The summed E-state index contributed by atoms with van der Waals surface area (Å²) in [7, 11) is 0. The molecule has 2 aliphatic rings. The van der Waals surface area contributed by atoms with Crippen molar-refractivity contribution in [3.63, 3.8) is 0 Å². The Morgan fingerprint density at radius 2 is 1.87 bits per heavy atom. The van der Waals surface area contributed by atoms with Crippen molar-refractivity contribution in [2.75, 3.05) is 13.1 Å². The van der Waals surface area contributed by atoms with Gasteiger partial charge in [-0.2, -0.15) is 0 Å². The van der Waals surface area contributed by atoms with E-state index in [0.29, 0.717) is 24.7 Å². The number of alkyl carbamates (subject to hydrolysis) is 1. The molecule has 0 aromatic heterocycles. The van der Waals surface area contributed by atoms with Crippen LogP contribution in [0.2, 0.25) is 0 Å². The average Bonchev–Trinajstić information content (AvgIpc) is 3.07. The number of nitrogens with one attached hydrogen (secondary N) is 1. The van der Waals surface area contributed by atoms with Crippen LogP contribution >= 0.6 is 0 Å². The highest BCUT2D eigenvalue weighted by molar-refractivity contribution is 6.16. The Morgan fingerprint density at radius 3 is 2.61 bits per heavy atom. The van der Waals surface area contributed by atoms with E-state index in [9.17, 15) is 9.59 Å². The summed E-state index contributed by atoms with van der Waals surface area (Å²) in [6, 6.07) is 13.8. The van der Waals surface area contributed by atoms with Crippen LogP contribution in [0.5, 0.6) is 0 Å². The molecular formula is C24H27N3O4. The van der Waals surface area contributed by atoms with E-state index < -0.39 is 17.7 Å². The zero-order valence-electron chi connectivity index (χ0n) is 18.1. The number of benzene rings is 2. The zero-order chi connectivity index (χ0) is 22.0. The number of aliphatic imine (C=N–C) groups is 1. The van der Waals surface area contributed by atoms with Gasteiger partial charge in [0, 0.05) is 30.9 Å². The first-order chi connectivity index (χ1) is 14.8. The second-order valence-corrected chi connectivity index (χ2v) is 8.80. The third-order valence-electron chi connectivity index (χ3n) is 5.20. The molecule has 4 rings (SSSR count). The number of hydrogen-bond donors (Lipinski definition) is 1. The Balaban J connectivity index is 1.41. The maximum atomic E-state index is 12.4. The Hall–Kier alpha value is -3.35. The second-order valence-electron chi connectivity index (χ2n) is 8.80. The largest absolute Gasteiger partial charge is 0.444 e. The first-order valence-electron chi connectivity index (χ1n) is 10.5. The smallest absolute Gasteiger partial charge is 0.407 e. The Morgan fingerprint density at radius 1 is 1.16 bits per heavy atom. The fourth-order valence-corrected chi connectivity index (χ4v) is 3.75. The number of ether oxygens (including phenoxy) is 2. The summed E-state index contributed by atoms with van der Waals surface area (Å²) in [4.78, 5) is 30.9. The van der Waals surface area contributed by atoms with Crippen molar-refractivity contribution >= 4 is 28.7 Å². The molecule has 162 valence electrons. The van der Waals surface area contributed by atoms with Crippen molar-refractivity contribution in [3.05, 3.63) is 59.9 Å². The number of carbonyl (C=O) groups is 2. The van der Waals surface area contributed by atoms with Gasteiger partial charge in [-0.1, -0.05) is 36.4 Å². The van der Waals surface area contributed by atoms with Crippen LogP contribution in [0.4, 0.5) is 4.79 Å². The van der Waals surface area contributed by atoms with Crippen molar-refractivity contribution in [1.82, 2.24) is 10.2 Å². The maximum absolute atomic E-state index is 12.4. The molecule has 1 saturated heterocycles. The molecule has 2 aliphatic heterocycles. The highest BCUT2D eigenvalue weighted by Gasteiger charge is 2.28. The van der Waals surface area contributed by atoms with Gasteiger partial charge < -0.3 is 19.7 Å². The summed E-state index contributed by atoms with van der Waals surface area (Å²) < 4.78 is 10.8. The minimum absolute atomic E-state index is 0.0507. The van der Waals surface area contributed by atoms with Gasteiger partial charge in [-0.3, -0.25) is 0 Å². The molecule has 1 N–H and O–H groups in total. The fourth-order valence-electron chi connectivity index (χ4n) is 3.75. The lowest BCUT2D eigenvalue weighted by molar-refractivity contribution is -0.130. The van der Waals surface area contributed by atoms with Crippen molar-refractivity contribution in [2.45, 2.75) is 45.3 Å². The van der Waals surface area contributed by atoms with Crippen LogP contribution in [0, 0.1) is 0 Å². The van der Waals surface area contributed by atoms with E-state index in [1.165, 1.54) is 0 Å². The number of carbonyl (C=O) groups excluding carboxylic acids is 2. The number of likely N-dealkylation sites (tertiary alicyclic amines) is 1. The molecule has 0 spiro atoms. The van der Waals surface area contributed by atoms with Crippen LogP contribution in [-0.2, 0) is 14.3 Å². The molecule has 1 fully saturated rings. The Bertz CT molecular complexity index is 1050. The Labute approximate surface area is 181 Å². The van der Waals surface area contributed by atoms with Crippen molar-refractivity contribution in [3.8, 4) is 0 Å². The molecule has 0 saturated carbocycles. The van der Waals surface area contributed by atoms with Crippen LogP contribution in [0.25, 0.3) is 10.8 Å². The van der Waals surface area contributed by atoms with Crippen LogP contribution < -0.4 is 5.32 Å². The van der Waals surface area contributed by atoms with Crippen LogP contribution in [0.15, 0.2) is 59.4 Å². The van der Waals surface area contributed by atoms with E-state index in [2.05, 4.69) is 10.3 Å². The number of hydrogen-bond acceptors (Lipinski definition) is 6. The monoisotopic (exact) mass is 421 g/mol. The minimum Gasteiger partial charge on any atom is -0.444 e. The molecule has 0 aliphatic carbocycles. The molecule has 0 unspecified atom stereocenters. The molecule has 2 aromatic rings. The second kappa shape index (κ2) is 8.41.